The van der Waals surface area contributed by atoms with Crippen molar-refractivity contribution in [3.8, 4) is 0 Å². The molecule has 0 spiro atoms. The number of hydrogen-bond donors (Lipinski definition) is 1. The average Bonchev–Trinajstić information content (AvgIpc) is 2.96. The van der Waals surface area contributed by atoms with Crippen molar-refractivity contribution in [3.05, 3.63) is 24.3 Å². The Morgan fingerprint density at radius 3 is 1.50 bits per heavy atom. The molecule has 1 unspecified atom stereocenters. The van der Waals surface area contributed by atoms with Crippen molar-refractivity contribution in [2.24, 2.45) is 0 Å². The van der Waals surface area contributed by atoms with E-state index in [0.717, 1.165) is 51.4 Å². The van der Waals surface area contributed by atoms with Crippen molar-refractivity contribution in [2.75, 3.05) is 13.2 Å². The lowest BCUT2D eigenvalue weighted by atomic mass is 10.1. The lowest BCUT2D eigenvalue weighted by molar-refractivity contribution is -0.161. The molecule has 0 saturated heterocycles. The molecule has 5 nitrogen and oxygen atoms in total. The van der Waals surface area contributed by atoms with Gasteiger partial charge in [0.2, 0.25) is 0 Å². The molecule has 0 heterocycles. The Labute approximate surface area is 247 Å². The van der Waals surface area contributed by atoms with Crippen LogP contribution in [0.1, 0.15) is 168 Å². The maximum Gasteiger partial charge on any atom is 0.306 e. The Bertz CT molecular complexity index is 613. The fourth-order valence-corrected chi connectivity index (χ4v) is 4.64. The molecule has 0 aromatic rings. The highest BCUT2D eigenvalue weighted by Crippen LogP contribution is 2.12. The first-order valence-electron chi connectivity index (χ1n) is 16.9. The van der Waals surface area contributed by atoms with Gasteiger partial charge in [0.25, 0.3) is 0 Å². The van der Waals surface area contributed by atoms with Crippen molar-refractivity contribution in [1.82, 2.24) is 0 Å². The number of carbonyl (C=O) groups is 2. The summed E-state index contributed by atoms with van der Waals surface area (Å²) in [5.41, 5.74) is 0. The normalized spacial score (nSPS) is 12.4. The minimum Gasteiger partial charge on any atom is -0.462 e. The molecule has 0 saturated carbocycles. The number of rotatable bonds is 30. The zero-order chi connectivity index (χ0) is 29.4. The van der Waals surface area contributed by atoms with Crippen LogP contribution >= 0.6 is 0 Å². The summed E-state index contributed by atoms with van der Waals surface area (Å²) in [6.07, 6.45) is 35.2. The predicted molar refractivity (Wildman–Crippen MR) is 168 cm³/mol. The Kier molecular flexibility index (Phi) is 30.6. The van der Waals surface area contributed by atoms with E-state index in [-0.39, 0.29) is 25.2 Å². The van der Waals surface area contributed by atoms with Gasteiger partial charge in [-0.3, -0.25) is 9.59 Å². The van der Waals surface area contributed by atoms with E-state index in [1.54, 1.807) is 0 Å². The summed E-state index contributed by atoms with van der Waals surface area (Å²) in [6, 6.07) is 0. The fourth-order valence-electron chi connectivity index (χ4n) is 4.64. The van der Waals surface area contributed by atoms with Gasteiger partial charge >= 0.3 is 11.9 Å². The lowest BCUT2D eigenvalue weighted by Gasteiger charge is -2.15. The van der Waals surface area contributed by atoms with Gasteiger partial charge in [-0.1, -0.05) is 134 Å². The van der Waals surface area contributed by atoms with Crippen LogP contribution in [0.2, 0.25) is 0 Å². The second-order valence-corrected chi connectivity index (χ2v) is 11.2. The number of aliphatic hydroxyl groups excluding tert-OH is 1. The van der Waals surface area contributed by atoms with Crippen molar-refractivity contribution in [1.29, 1.82) is 0 Å². The van der Waals surface area contributed by atoms with Gasteiger partial charge in [0.05, 0.1) is 6.61 Å². The maximum atomic E-state index is 12.1. The van der Waals surface area contributed by atoms with Crippen LogP contribution in [0.25, 0.3) is 0 Å². The van der Waals surface area contributed by atoms with Crippen molar-refractivity contribution < 1.29 is 24.2 Å². The van der Waals surface area contributed by atoms with Crippen LogP contribution in [0.3, 0.4) is 0 Å². The molecule has 0 aromatic heterocycles. The van der Waals surface area contributed by atoms with Crippen LogP contribution in [0, 0.1) is 0 Å². The van der Waals surface area contributed by atoms with Gasteiger partial charge in [0, 0.05) is 12.8 Å². The Morgan fingerprint density at radius 2 is 1.00 bits per heavy atom. The third-order valence-electron chi connectivity index (χ3n) is 7.25. The minimum absolute atomic E-state index is 0.0664. The molecular formula is C35H64O5. The summed E-state index contributed by atoms with van der Waals surface area (Å²) in [5.74, 6) is -0.603. The highest BCUT2D eigenvalue weighted by atomic mass is 16.6. The number of aliphatic hydroxyl groups is 1. The second kappa shape index (κ2) is 31.9. The van der Waals surface area contributed by atoms with E-state index in [1.807, 2.05) is 0 Å². The van der Waals surface area contributed by atoms with Crippen LogP contribution < -0.4 is 0 Å². The van der Waals surface area contributed by atoms with Gasteiger partial charge in [-0.05, 0) is 44.9 Å². The zero-order valence-corrected chi connectivity index (χ0v) is 26.4. The molecule has 0 aromatic carbocycles. The second-order valence-electron chi connectivity index (χ2n) is 11.2. The average molecular weight is 565 g/mol. The molecule has 0 fully saturated rings. The maximum absolute atomic E-state index is 12.1. The van der Waals surface area contributed by atoms with E-state index in [2.05, 4.69) is 38.2 Å². The molecule has 234 valence electrons. The first-order valence-corrected chi connectivity index (χ1v) is 16.9. The molecule has 0 aliphatic heterocycles. The van der Waals surface area contributed by atoms with E-state index in [9.17, 15) is 14.7 Å². The first kappa shape index (κ1) is 38.4. The van der Waals surface area contributed by atoms with Gasteiger partial charge in [-0.15, -0.1) is 0 Å². The quantitative estimate of drug-likeness (QED) is 0.0534. The Hall–Kier alpha value is -1.62. The smallest absolute Gasteiger partial charge is 0.306 e. The summed E-state index contributed by atoms with van der Waals surface area (Å²) < 4.78 is 10.5. The monoisotopic (exact) mass is 564 g/mol. The van der Waals surface area contributed by atoms with E-state index < -0.39 is 6.10 Å². The molecule has 5 heteroatoms. The van der Waals surface area contributed by atoms with E-state index in [1.165, 1.54) is 89.9 Å². The number of esters is 2. The van der Waals surface area contributed by atoms with E-state index in [0.29, 0.717) is 12.8 Å². The van der Waals surface area contributed by atoms with Crippen LogP contribution in [-0.4, -0.2) is 36.4 Å². The van der Waals surface area contributed by atoms with Gasteiger partial charge in [-0.25, -0.2) is 0 Å². The zero-order valence-electron chi connectivity index (χ0n) is 26.4. The molecule has 0 rings (SSSR count). The molecule has 0 bridgehead atoms. The van der Waals surface area contributed by atoms with Crippen molar-refractivity contribution >= 4 is 11.9 Å². The molecule has 0 amide bonds. The topological polar surface area (TPSA) is 72.8 Å². The Morgan fingerprint density at radius 1 is 0.575 bits per heavy atom. The predicted octanol–water partition coefficient (Wildman–Crippen LogP) is 9.95. The van der Waals surface area contributed by atoms with Crippen LogP contribution in [-0.2, 0) is 19.1 Å². The molecule has 0 radical (unpaired) electrons. The van der Waals surface area contributed by atoms with Crippen molar-refractivity contribution in [3.63, 3.8) is 0 Å². The number of unbranched alkanes of at least 4 members (excludes halogenated alkanes) is 18. The summed E-state index contributed by atoms with van der Waals surface area (Å²) in [4.78, 5) is 24.0. The summed E-state index contributed by atoms with van der Waals surface area (Å²) in [7, 11) is 0. The third-order valence-corrected chi connectivity index (χ3v) is 7.25. The number of ether oxygens (including phenoxy) is 2. The number of carbonyl (C=O) groups excluding carboxylic acids is 2. The van der Waals surface area contributed by atoms with Crippen LogP contribution in [0.4, 0.5) is 0 Å². The van der Waals surface area contributed by atoms with E-state index in [4.69, 9.17) is 9.47 Å². The summed E-state index contributed by atoms with van der Waals surface area (Å²) in [5, 5.41) is 9.47. The standard InChI is InChI=1S/C35H64O5/c1-3-5-7-9-11-13-14-15-16-17-18-19-20-21-22-24-26-28-30-35(38)40-33(31-36)32-39-34(37)29-27-25-23-12-10-8-6-4-2/h13-14,16-17,33,36H,3-12,15,18-32H2,1-2H3/b14-13-,17-16-. The third kappa shape index (κ3) is 29.4. The highest BCUT2D eigenvalue weighted by Gasteiger charge is 2.16. The molecular weight excluding hydrogens is 500 g/mol. The SMILES string of the molecule is CCCCCC/C=C\C/C=C\CCCCCCCCCC(=O)OC(CO)COC(=O)CCCCCCCCCC. The number of allylic oxidation sites excluding steroid dienone is 4. The van der Waals surface area contributed by atoms with Crippen LogP contribution in [0.15, 0.2) is 24.3 Å². The molecule has 0 aliphatic carbocycles. The van der Waals surface area contributed by atoms with Gasteiger partial charge in [-0.2, -0.15) is 0 Å². The van der Waals surface area contributed by atoms with Gasteiger partial charge in [0.15, 0.2) is 6.10 Å². The molecule has 1 atom stereocenters. The highest BCUT2D eigenvalue weighted by molar-refractivity contribution is 5.70. The number of hydrogen-bond acceptors (Lipinski definition) is 5. The largest absolute Gasteiger partial charge is 0.462 e. The molecule has 40 heavy (non-hydrogen) atoms. The fraction of sp³-hybridized carbons (Fsp3) is 0.829. The van der Waals surface area contributed by atoms with Gasteiger partial charge in [0.1, 0.15) is 6.61 Å². The lowest BCUT2D eigenvalue weighted by Crippen LogP contribution is -2.28. The summed E-state index contributed by atoms with van der Waals surface area (Å²) in [6.45, 7) is 4.07. The Balaban J connectivity index is 3.57. The molecule has 0 aliphatic rings. The molecule has 1 N–H and O–H groups in total. The van der Waals surface area contributed by atoms with Gasteiger partial charge < -0.3 is 14.6 Å². The minimum atomic E-state index is -0.768. The summed E-state index contributed by atoms with van der Waals surface area (Å²) >= 11 is 0. The van der Waals surface area contributed by atoms with E-state index >= 15 is 0 Å². The first-order chi connectivity index (χ1) is 19.6. The van der Waals surface area contributed by atoms with Crippen molar-refractivity contribution in [2.45, 2.75) is 174 Å². The van der Waals surface area contributed by atoms with Crippen LogP contribution in [0.5, 0.6) is 0 Å².